The first-order valence-corrected chi connectivity index (χ1v) is 6.75. The number of benzene rings is 1. The number of hydrogen-bond donors (Lipinski definition) is 2. The Morgan fingerprint density at radius 2 is 1.86 bits per heavy atom. The van der Waals surface area contributed by atoms with Gasteiger partial charge in [-0.15, -0.1) is 0 Å². The van der Waals surface area contributed by atoms with Crippen LogP contribution in [0.1, 0.15) is 37.7 Å². The SMILES string of the molecule is CC(CCC(=O)NC(CC(F)F)C(=O)O)c1ccccc1. The lowest BCUT2D eigenvalue weighted by atomic mass is 9.96. The number of alkyl halides is 2. The maximum absolute atomic E-state index is 12.2. The second-order valence-corrected chi connectivity index (χ2v) is 4.94. The summed E-state index contributed by atoms with van der Waals surface area (Å²) in [5.74, 6) is -1.83. The molecule has 0 bridgehead atoms. The topological polar surface area (TPSA) is 66.4 Å². The van der Waals surface area contributed by atoms with E-state index >= 15 is 0 Å². The van der Waals surface area contributed by atoms with Gasteiger partial charge < -0.3 is 10.4 Å². The van der Waals surface area contributed by atoms with E-state index in [0.29, 0.717) is 6.42 Å². The monoisotopic (exact) mass is 299 g/mol. The van der Waals surface area contributed by atoms with Crippen LogP contribution < -0.4 is 5.32 Å². The molecule has 2 N–H and O–H groups in total. The van der Waals surface area contributed by atoms with Crippen LogP contribution in [0, 0.1) is 0 Å². The second kappa shape index (κ2) is 8.34. The van der Waals surface area contributed by atoms with Crippen molar-refractivity contribution in [3.63, 3.8) is 0 Å². The van der Waals surface area contributed by atoms with Crippen molar-refractivity contribution in [2.45, 2.75) is 44.6 Å². The van der Waals surface area contributed by atoms with Crippen LogP contribution in [0.3, 0.4) is 0 Å². The Morgan fingerprint density at radius 3 is 2.38 bits per heavy atom. The van der Waals surface area contributed by atoms with Crippen molar-refractivity contribution >= 4 is 11.9 Å². The third-order valence-corrected chi connectivity index (χ3v) is 3.22. The standard InChI is InChI=1S/C15H19F2NO3/c1-10(11-5-3-2-4-6-11)7-8-14(19)18-12(15(20)21)9-13(16)17/h2-6,10,12-13H,7-9H2,1H3,(H,18,19)(H,20,21). The molecule has 1 aromatic carbocycles. The Kier molecular flexibility index (Phi) is 6.78. The van der Waals surface area contributed by atoms with Crippen LogP contribution in [-0.4, -0.2) is 29.5 Å². The molecule has 0 aliphatic rings. The quantitative estimate of drug-likeness (QED) is 0.775. The van der Waals surface area contributed by atoms with Crippen LogP contribution in [0.15, 0.2) is 30.3 Å². The third kappa shape index (κ3) is 6.33. The van der Waals surface area contributed by atoms with Gasteiger partial charge >= 0.3 is 5.97 Å². The maximum Gasteiger partial charge on any atom is 0.326 e. The predicted octanol–water partition coefficient (Wildman–Crippen LogP) is 2.79. The first-order valence-electron chi connectivity index (χ1n) is 6.75. The van der Waals surface area contributed by atoms with Gasteiger partial charge in [0.05, 0.1) is 0 Å². The highest BCUT2D eigenvalue weighted by Crippen LogP contribution is 2.20. The summed E-state index contributed by atoms with van der Waals surface area (Å²) in [6.45, 7) is 1.95. The predicted molar refractivity (Wildman–Crippen MR) is 74.3 cm³/mol. The van der Waals surface area contributed by atoms with Gasteiger partial charge in [-0.1, -0.05) is 37.3 Å². The summed E-state index contributed by atoms with van der Waals surface area (Å²) in [5, 5.41) is 10.9. The molecule has 0 radical (unpaired) electrons. The number of carbonyl (C=O) groups is 2. The first kappa shape index (κ1) is 17.1. The molecule has 21 heavy (non-hydrogen) atoms. The number of hydrogen-bond acceptors (Lipinski definition) is 2. The zero-order valence-corrected chi connectivity index (χ0v) is 11.8. The van der Waals surface area contributed by atoms with Crippen LogP contribution in [0.4, 0.5) is 8.78 Å². The van der Waals surface area contributed by atoms with E-state index in [9.17, 15) is 18.4 Å². The van der Waals surface area contributed by atoms with E-state index in [1.807, 2.05) is 37.3 Å². The molecule has 0 saturated heterocycles. The molecule has 1 amide bonds. The average molecular weight is 299 g/mol. The van der Waals surface area contributed by atoms with E-state index in [0.717, 1.165) is 5.56 Å². The second-order valence-electron chi connectivity index (χ2n) is 4.94. The third-order valence-electron chi connectivity index (χ3n) is 3.22. The van der Waals surface area contributed by atoms with E-state index in [1.54, 1.807) is 0 Å². The highest BCUT2D eigenvalue weighted by molar-refractivity contribution is 5.83. The summed E-state index contributed by atoms with van der Waals surface area (Å²) in [6, 6.07) is 8.04. The van der Waals surface area contributed by atoms with Gasteiger partial charge in [-0.3, -0.25) is 4.79 Å². The summed E-state index contributed by atoms with van der Waals surface area (Å²) < 4.78 is 24.4. The molecule has 6 heteroatoms. The van der Waals surface area contributed by atoms with Crippen molar-refractivity contribution < 1.29 is 23.5 Å². The van der Waals surface area contributed by atoms with Gasteiger partial charge in [0.25, 0.3) is 0 Å². The van der Waals surface area contributed by atoms with E-state index in [2.05, 4.69) is 5.32 Å². The molecule has 0 aromatic heterocycles. The van der Waals surface area contributed by atoms with E-state index < -0.39 is 30.8 Å². The fraction of sp³-hybridized carbons (Fsp3) is 0.467. The van der Waals surface area contributed by atoms with Gasteiger partial charge in [0, 0.05) is 12.8 Å². The molecule has 2 unspecified atom stereocenters. The molecular formula is C15H19F2NO3. The zero-order valence-electron chi connectivity index (χ0n) is 11.8. The minimum absolute atomic E-state index is 0.100. The van der Waals surface area contributed by atoms with Gasteiger partial charge in [0.1, 0.15) is 6.04 Å². The molecule has 0 fully saturated rings. The van der Waals surface area contributed by atoms with E-state index in [4.69, 9.17) is 5.11 Å². The Balaban J connectivity index is 2.44. The molecule has 0 spiro atoms. The lowest BCUT2D eigenvalue weighted by Gasteiger charge is -2.15. The van der Waals surface area contributed by atoms with Gasteiger partial charge in [-0.25, -0.2) is 13.6 Å². The van der Waals surface area contributed by atoms with Crippen molar-refractivity contribution in [2.24, 2.45) is 0 Å². The van der Waals surface area contributed by atoms with Crippen LogP contribution >= 0.6 is 0 Å². The summed E-state index contributed by atoms with van der Waals surface area (Å²) >= 11 is 0. The molecule has 116 valence electrons. The number of carboxylic acid groups (broad SMARTS) is 1. The van der Waals surface area contributed by atoms with Gasteiger partial charge in [-0.05, 0) is 17.9 Å². The molecule has 0 aliphatic carbocycles. The van der Waals surface area contributed by atoms with Crippen molar-refractivity contribution in [2.75, 3.05) is 0 Å². The van der Waals surface area contributed by atoms with Crippen LogP contribution in [-0.2, 0) is 9.59 Å². The minimum atomic E-state index is -2.77. The molecule has 0 aliphatic heterocycles. The Bertz CT molecular complexity index is 465. The molecular weight excluding hydrogens is 280 g/mol. The summed E-state index contributed by atoms with van der Waals surface area (Å²) in [4.78, 5) is 22.4. The van der Waals surface area contributed by atoms with Crippen molar-refractivity contribution in [3.8, 4) is 0 Å². The summed E-state index contributed by atoms with van der Waals surface area (Å²) in [7, 11) is 0. The molecule has 1 rings (SSSR count). The Labute approximate surface area is 122 Å². The Morgan fingerprint density at radius 1 is 1.24 bits per heavy atom. The van der Waals surface area contributed by atoms with Crippen molar-refractivity contribution in [1.82, 2.24) is 5.32 Å². The Hall–Kier alpha value is -1.98. The molecule has 0 saturated carbocycles. The highest BCUT2D eigenvalue weighted by atomic mass is 19.3. The zero-order chi connectivity index (χ0) is 15.8. The average Bonchev–Trinajstić information content (AvgIpc) is 2.44. The van der Waals surface area contributed by atoms with Gasteiger partial charge in [0.2, 0.25) is 12.3 Å². The number of rotatable bonds is 8. The smallest absolute Gasteiger partial charge is 0.326 e. The number of amides is 1. The summed E-state index contributed by atoms with van der Waals surface area (Å²) in [5.41, 5.74) is 1.08. The van der Waals surface area contributed by atoms with Crippen LogP contribution in [0.25, 0.3) is 0 Å². The molecule has 4 nitrogen and oxygen atoms in total. The number of carboxylic acids is 1. The van der Waals surface area contributed by atoms with Crippen LogP contribution in [0.5, 0.6) is 0 Å². The normalized spacial score (nSPS) is 13.7. The molecule has 2 atom stereocenters. The minimum Gasteiger partial charge on any atom is -0.480 e. The van der Waals surface area contributed by atoms with Crippen LogP contribution in [0.2, 0.25) is 0 Å². The number of nitrogens with one attached hydrogen (secondary N) is 1. The lowest BCUT2D eigenvalue weighted by Crippen LogP contribution is -2.42. The molecule has 1 aromatic rings. The van der Waals surface area contributed by atoms with E-state index in [-0.39, 0.29) is 12.3 Å². The maximum atomic E-state index is 12.2. The summed E-state index contributed by atoms with van der Waals surface area (Å²) in [6.07, 6.45) is -3.02. The fourth-order valence-electron chi connectivity index (χ4n) is 1.96. The first-order chi connectivity index (χ1) is 9.90. The number of halogens is 2. The highest BCUT2D eigenvalue weighted by Gasteiger charge is 2.24. The number of aliphatic carboxylic acids is 1. The van der Waals surface area contributed by atoms with Crippen molar-refractivity contribution in [1.29, 1.82) is 0 Å². The van der Waals surface area contributed by atoms with Gasteiger partial charge in [-0.2, -0.15) is 0 Å². The fourth-order valence-corrected chi connectivity index (χ4v) is 1.96. The number of carbonyl (C=O) groups excluding carboxylic acids is 1. The van der Waals surface area contributed by atoms with Gasteiger partial charge in [0.15, 0.2) is 0 Å². The molecule has 0 heterocycles. The lowest BCUT2D eigenvalue weighted by molar-refractivity contribution is -0.143. The van der Waals surface area contributed by atoms with E-state index in [1.165, 1.54) is 0 Å². The van der Waals surface area contributed by atoms with Crippen molar-refractivity contribution in [3.05, 3.63) is 35.9 Å². The largest absolute Gasteiger partial charge is 0.480 e.